The Morgan fingerprint density at radius 3 is 2.61 bits per heavy atom. The largest absolute Gasteiger partial charge is 0.382 e. The molecule has 0 radical (unpaired) electrons. The molecule has 0 saturated carbocycles. The molecule has 5 nitrogen and oxygen atoms in total. The number of hydrogen-bond acceptors (Lipinski definition) is 5. The molecule has 0 unspecified atom stereocenters. The molecule has 102 valence electrons. The van der Waals surface area contributed by atoms with Gasteiger partial charge in [-0.05, 0) is 27.2 Å². The van der Waals surface area contributed by atoms with Crippen molar-refractivity contribution in [2.75, 3.05) is 24.6 Å². The average Bonchev–Trinajstić information content (AvgIpc) is 2.55. The monoisotopic (exact) mass is 270 g/mol. The van der Waals surface area contributed by atoms with Crippen molar-refractivity contribution in [1.82, 2.24) is 9.88 Å². The smallest absolute Gasteiger partial charge is 0.267 e. The number of carbonyl (C=O) groups excluding carboxylic acids is 1. The molecule has 0 aliphatic carbocycles. The molecule has 0 aromatic carbocycles. The Hall–Kier alpha value is -1.30. The SMILES string of the molecule is CCCN(C)C(=O)c1sc(NC(C)(C)C)nc1N. The van der Waals surface area contributed by atoms with Crippen LogP contribution in [0.1, 0.15) is 43.8 Å². The van der Waals surface area contributed by atoms with Gasteiger partial charge in [0, 0.05) is 19.1 Å². The highest BCUT2D eigenvalue weighted by Crippen LogP contribution is 2.28. The second-order valence-corrected chi connectivity index (χ2v) is 6.33. The fourth-order valence-corrected chi connectivity index (χ4v) is 2.56. The van der Waals surface area contributed by atoms with Crippen LogP contribution in [0.15, 0.2) is 0 Å². The molecule has 1 amide bonds. The number of amides is 1. The summed E-state index contributed by atoms with van der Waals surface area (Å²) < 4.78 is 0. The molecule has 1 aromatic rings. The number of nitrogens with two attached hydrogens (primary N) is 1. The molecule has 0 saturated heterocycles. The second-order valence-electron chi connectivity index (χ2n) is 5.34. The van der Waals surface area contributed by atoms with Crippen molar-refractivity contribution < 1.29 is 4.79 Å². The summed E-state index contributed by atoms with van der Waals surface area (Å²) >= 11 is 1.31. The predicted octanol–water partition coefficient (Wildman–Crippen LogP) is 2.42. The number of thiazole rings is 1. The van der Waals surface area contributed by atoms with Crippen LogP contribution in [0.25, 0.3) is 0 Å². The maximum Gasteiger partial charge on any atom is 0.267 e. The third-order valence-corrected chi connectivity index (χ3v) is 3.21. The Labute approximate surface area is 112 Å². The van der Waals surface area contributed by atoms with Crippen LogP contribution in [0, 0.1) is 0 Å². The topological polar surface area (TPSA) is 71.2 Å². The minimum atomic E-state index is -0.0973. The summed E-state index contributed by atoms with van der Waals surface area (Å²) in [6.45, 7) is 8.87. The number of rotatable bonds is 4. The van der Waals surface area contributed by atoms with Crippen molar-refractivity contribution in [2.24, 2.45) is 0 Å². The van der Waals surface area contributed by atoms with Crippen molar-refractivity contribution in [3.05, 3.63) is 4.88 Å². The highest BCUT2D eigenvalue weighted by Gasteiger charge is 2.21. The first-order valence-electron chi connectivity index (χ1n) is 6.04. The van der Waals surface area contributed by atoms with Crippen LogP contribution < -0.4 is 11.1 Å². The van der Waals surface area contributed by atoms with E-state index in [9.17, 15) is 4.79 Å². The normalized spacial score (nSPS) is 11.4. The Bertz CT molecular complexity index is 422. The molecule has 0 atom stereocenters. The van der Waals surface area contributed by atoms with Crippen molar-refractivity contribution in [2.45, 2.75) is 39.7 Å². The lowest BCUT2D eigenvalue weighted by Crippen LogP contribution is -2.27. The van der Waals surface area contributed by atoms with Gasteiger partial charge in [-0.25, -0.2) is 4.98 Å². The van der Waals surface area contributed by atoms with Crippen LogP contribution in [-0.2, 0) is 0 Å². The van der Waals surface area contributed by atoms with Gasteiger partial charge in [-0.3, -0.25) is 4.79 Å². The molecule has 1 rings (SSSR count). The first kappa shape index (κ1) is 14.8. The Balaban J connectivity index is 2.88. The molecule has 3 N–H and O–H groups in total. The molecule has 0 spiro atoms. The van der Waals surface area contributed by atoms with Crippen molar-refractivity contribution >= 4 is 28.2 Å². The molecule has 0 fully saturated rings. The number of carbonyl (C=O) groups is 1. The lowest BCUT2D eigenvalue weighted by atomic mass is 10.1. The summed E-state index contributed by atoms with van der Waals surface area (Å²) in [7, 11) is 1.78. The van der Waals surface area contributed by atoms with Crippen LogP contribution in [0.4, 0.5) is 10.9 Å². The maximum atomic E-state index is 12.1. The summed E-state index contributed by atoms with van der Waals surface area (Å²) in [5.74, 6) is 0.244. The fraction of sp³-hybridized carbons (Fsp3) is 0.667. The average molecular weight is 270 g/mol. The van der Waals surface area contributed by atoms with E-state index in [0.717, 1.165) is 13.0 Å². The Morgan fingerprint density at radius 2 is 2.11 bits per heavy atom. The minimum Gasteiger partial charge on any atom is -0.382 e. The van der Waals surface area contributed by atoms with E-state index in [2.05, 4.69) is 10.3 Å². The van der Waals surface area contributed by atoms with E-state index in [1.807, 2.05) is 27.7 Å². The third-order valence-electron chi connectivity index (χ3n) is 2.24. The molecule has 0 aliphatic rings. The minimum absolute atomic E-state index is 0.0613. The van der Waals surface area contributed by atoms with Gasteiger partial charge in [0.05, 0.1) is 0 Å². The zero-order valence-electron chi connectivity index (χ0n) is 11.7. The van der Waals surface area contributed by atoms with Crippen LogP contribution >= 0.6 is 11.3 Å². The number of anilines is 2. The quantitative estimate of drug-likeness (QED) is 0.881. The van der Waals surface area contributed by atoms with E-state index in [1.54, 1.807) is 11.9 Å². The number of hydrogen-bond donors (Lipinski definition) is 2. The van der Waals surface area contributed by atoms with E-state index >= 15 is 0 Å². The van der Waals surface area contributed by atoms with Gasteiger partial charge in [-0.1, -0.05) is 18.3 Å². The van der Waals surface area contributed by atoms with Gasteiger partial charge in [-0.2, -0.15) is 0 Å². The summed E-state index contributed by atoms with van der Waals surface area (Å²) in [5, 5.41) is 3.91. The fourth-order valence-electron chi connectivity index (χ4n) is 1.47. The van der Waals surface area contributed by atoms with Gasteiger partial charge >= 0.3 is 0 Å². The third kappa shape index (κ3) is 3.87. The standard InChI is InChI=1S/C12H22N4OS/c1-6-7-16(5)10(17)8-9(13)14-11(18-8)15-12(2,3)4/h6-7,13H2,1-5H3,(H,14,15). The van der Waals surface area contributed by atoms with E-state index in [-0.39, 0.29) is 11.4 Å². The first-order valence-corrected chi connectivity index (χ1v) is 6.86. The number of nitrogen functional groups attached to an aromatic ring is 1. The molecule has 1 aromatic heterocycles. The second kappa shape index (κ2) is 5.56. The summed E-state index contributed by atoms with van der Waals surface area (Å²) in [4.78, 5) is 18.5. The van der Waals surface area contributed by atoms with E-state index in [1.165, 1.54) is 11.3 Å². The van der Waals surface area contributed by atoms with Crippen LogP contribution in [0.5, 0.6) is 0 Å². The lowest BCUT2D eigenvalue weighted by Gasteiger charge is -2.19. The van der Waals surface area contributed by atoms with Crippen LogP contribution in [0.2, 0.25) is 0 Å². The number of nitrogens with zero attached hydrogens (tertiary/aromatic N) is 2. The van der Waals surface area contributed by atoms with Gasteiger partial charge in [-0.15, -0.1) is 0 Å². The molecule has 18 heavy (non-hydrogen) atoms. The van der Waals surface area contributed by atoms with Crippen molar-refractivity contribution in [1.29, 1.82) is 0 Å². The summed E-state index contributed by atoms with van der Waals surface area (Å²) in [5.41, 5.74) is 5.71. The molecule has 1 heterocycles. The molecular weight excluding hydrogens is 248 g/mol. The van der Waals surface area contributed by atoms with E-state index < -0.39 is 0 Å². The van der Waals surface area contributed by atoms with Gasteiger partial charge in [0.1, 0.15) is 10.7 Å². The first-order chi connectivity index (χ1) is 8.24. The van der Waals surface area contributed by atoms with Gasteiger partial charge < -0.3 is 16.0 Å². The maximum absolute atomic E-state index is 12.1. The number of nitrogens with one attached hydrogen (secondary N) is 1. The zero-order chi connectivity index (χ0) is 13.9. The zero-order valence-corrected chi connectivity index (χ0v) is 12.5. The molecule has 0 bridgehead atoms. The van der Waals surface area contributed by atoms with Gasteiger partial charge in [0.25, 0.3) is 5.91 Å². The molecule has 0 aliphatic heterocycles. The van der Waals surface area contributed by atoms with E-state index in [4.69, 9.17) is 5.73 Å². The van der Waals surface area contributed by atoms with Gasteiger partial charge in [0.15, 0.2) is 5.13 Å². The van der Waals surface area contributed by atoms with Crippen molar-refractivity contribution in [3.8, 4) is 0 Å². The number of aromatic nitrogens is 1. The van der Waals surface area contributed by atoms with Gasteiger partial charge in [0.2, 0.25) is 0 Å². The van der Waals surface area contributed by atoms with E-state index in [0.29, 0.717) is 15.8 Å². The Morgan fingerprint density at radius 1 is 1.50 bits per heavy atom. The lowest BCUT2D eigenvalue weighted by molar-refractivity contribution is 0.0800. The summed E-state index contributed by atoms with van der Waals surface area (Å²) in [6, 6.07) is 0. The summed E-state index contributed by atoms with van der Waals surface area (Å²) in [6.07, 6.45) is 0.925. The van der Waals surface area contributed by atoms with Crippen molar-refractivity contribution in [3.63, 3.8) is 0 Å². The Kier molecular flexibility index (Phi) is 4.56. The predicted molar refractivity (Wildman–Crippen MR) is 77.2 cm³/mol. The molecular formula is C12H22N4OS. The van der Waals surface area contributed by atoms with Crippen LogP contribution in [0.3, 0.4) is 0 Å². The van der Waals surface area contributed by atoms with Crippen LogP contribution in [-0.4, -0.2) is 34.9 Å². The molecule has 6 heteroatoms. The highest BCUT2D eigenvalue weighted by atomic mass is 32.1. The highest BCUT2D eigenvalue weighted by molar-refractivity contribution is 7.18.